The van der Waals surface area contributed by atoms with Crippen molar-refractivity contribution in [2.75, 3.05) is 0 Å². The number of nitrogens with zero attached hydrogens (tertiary/aromatic N) is 2. The molecule has 2 N–H and O–H groups in total. The lowest BCUT2D eigenvalue weighted by molar-refractivity contribution is 0.287. The van der Waals surface area contributed by atoms with Crippen molar-refractivity contribution in [1.29, 1.82) is 0 Å². The minimum Gasteiger partial charge on any atom is -0.472 e. The molecule has 1 aromatic heterocycles. The highest BCUT2D eigenvalue weighted by atomic mass is 79.9. The standard InChI is InChI=1S/C19H15BrF3N3O2/c1-10-25-18(28-9-11-5-6-13(21)7-12(11)8-24)16(20)19(27)26(10)17-14(22)3-2-4-15(17)23/h2-7H,8-9,24H2,1H3. The van der Waals surface area contributed by atoms with Gasteiger partial charge >= 0.3 is 0 Å². The highest BCUT2D eigenvalue weighted by Gasteiger charge is 2.20. The monoisotopic (exact) mass is 453 g/mol. The number of hydrogen-bond donors (Lipinski definition) is 1. The fourth-order valence-electron chi connectivity index (χ4n) is 2.72. The molecule has 0 unspecified atom stereocenters. The molecule has 0 saturated carbocycles. The summed E-state index contributed by atoms with van der Waals surface area (Å²) >= 11 is 3.08. The van der Waals surface area contributed by atoms with Crippen LogP contribution in [0.2, 0.25) is 0 Å². The van der Waals surface area contributed by atoms with Crippen molar-refractivity contribution in [1.82, 2.24) is 9.55 Å². The summed E-state index contributed by atoms with van der Waals surface area (Å²) in [6.45, 7) is 1.52. The summed E-state index contributed by atoms with van der Waals surface area (Å²) in [5, 5.41) is 0. The molecule has 9 heteroatoms. The first-order chi connectivity index (χ1) is 13.3. The second-order valence-corrected chi connectivity index (χ2v) is 6.69. The van der Waals surface area contributed by atoms with Gasteiger partial charge in [-0.05, 0) is 58.2 Å². The van der Waals surface area contributed by atoms with Crippen molar-refractivity contribution in [2.24, 2.45) is 5.73 Å². The molecule has 1 heterocycles. The maximum Gasteiger partial charge on any atom is 0.276 e. The van der Waals surface area contributed by atoms with E-state index < -0.39 is 28.7 Å². The Hall–Kier alpha value is -2.65. The molecular formula is C19H15BrF3N3O2. The van der Waals surface area contributed by atoms with Crippen LogP contribution >= 0.6 is 15.9 Å². The fraction of sp³-hybridized carbons (Fsp3) is 0.158. The minimum absolute atomic E-state index is 0.0185. The quantitative estimate of drug-likeness (QED) is 0.638. The molecule has 0 radical (unpaired) electrons. The molecule has 3 aromatic rings. The maximum atomic E-state index is 14.1. The molecule has 0 atom stereocenters. The summed E-state index contributed by atoms with van der Waals surface area (Å²) in [6, 6.07) is 7.38. The van der Waals surface area contributed by atoms with Gasteiger partial charge in [0.15, 0.2) is 0 Å². The summed E-state index contributed by atoms with van der Waals surface area (Å²) < 4.78 is 47.8. The van der Waals surface area contributed by atoms with Gasteiger partial charge < -0.3 is 10.5 Å². The predicted octanol–water partition coefficient (Wildman–Crippen LogP) is 3.76. The second-order valence-electron chi connectivity index (χ2n) is 5.89. The van der Waals surface area contributed by atoms with Gasteiger partial charge in [-0.3, -0.25) is 9.36 Å². The summed E-state index contributed by atoms with van der Waals surface area (Å²) in [6.07, 6.45) is 0. The van der Waals surface area contributed by atoms with E-state index in [0.29, 0.717) is 11.1 Å². The molecule has 0 bridgehead atoms. The lowest BCUT2D eigenvalue weighted by Crippen LogP contribution is -2.25. The van der Waals surface area contributed by atoms with Crippen LogP contribution in [-0.4, -0.2) is 9.55 Å². The first-order valence-electron chi connectivity index (χ1n) is 8.17. The second kappa shape index (κ2) is 8.15. The lowest BCUT2D eigenvalue weighted by atomic mass is 10.1. The Morgan fingerprint density at radius 2 is 1.82 bits per heavy atom. The number of aryl methyl sites for hydroxylation is 1. The van der Waals surface area contributed by atoms with Gasteiger partial charge in [0.2, 0.25) is 5.88 Å². The SMILES string of the molecule is Cc1nc(OCc2ccc(F)cc2CN)c(Br)c(=O)n1-c1c(F)cccc1F. The third-order valence-electron chi connectivity index (χ3n) is 4.08. The van der Waals surface area contributed by atoms with E-state index in [-0.39, 0.29) is 29.3 Å². The zero-order chi connectivity index (χ0) is 20.4. The maximum absolute atomic E-state index is 14.1. The van der Waals surface area contributed by atoms with Gasteiger partial charge in [-0.1, -0.05) is 12.1 Å². The van der Waals surface area contributed by atoms with Gasteiger partial charge in [0, 0.05) is 6.54 Å². The van der Waals surface area contributed by atoms with Crippen LogP contribution in [0.15, 0.2) is 45.7 Å². The van der Waals surface area contributed by atoms with E-state index in [0.717, 1.165) is 16.7 Å². The number of hydrogen-bond acceptors (Lipinski definition) is 4. The zero-order valence-electron chi connectivity index (χ0n) is 14.7. The van der Waals surface area contributed by atoms with Gasteiger partial charge in [-0.25, -0.2) is 13.2 Å². The number of benzene rings is 2. The summed E-state index contributed by atoms with van der Waals surface area (Å²) in [4.78, 5) is 16.8. The van der Waals surface area contributed by atoms with Crippen LogP contribution in [0.1, 0.15) is 17.0 Å². The van der Waals surface area contributed by atoms with Crippen LogP contribution in [0.5, 0.6) is 5.88 Å². The lowest BCUT2D eigenvalue weighted by Gasteiger charge is -2.15. The molecule has 146 valence electrons. The molecule has 0 saturated heterocycles. The van der Waals surface area contributed by atoms with Gasteiger partial charge in [-0.2, -0.15) is 4.98 Å². The van der Waals surface area contributed by atoms with Crippen LogP contribution in [0.3, 0.4) is 0 Å². The van der Waals surface area contributed by atoms with Gasteiger partial charge in [0.25, 0.3) is 5.56 Å². The van der Waals surface area contributed by atoms with Crippen LogP contribution < -0.4 is 16.0 Å². The molecule has 28 heavy (non-hydrogen) atoms. The number of ether oxygens (including phenoxy) is 1. The highest BCUT2D eigenvalue weighted by Crippen LogP contribution is 2.24. The van der Waals surface area contributed by atoms with E-state index in [4.69, 9.17) is 10.5 Å². The van der Waals surface area contributed by atoms with Crippen molar-refractivity contribution in [3.05, 3.63) is 85.6 Å². The van der Waals surface area contributed by atoms with Gasteiger partial charge in [0.05, 0.1) is 0 Å². The van der Waals surface area contributed by atoms with E-state index in [1.165, 1.54) is 31.2 Å². The Bertz CT molecular complexity index is 1080. The molecule has 5 nitrogen and oxygen atoms in total. The minimum atomic E-state index is -0.897. The third kappa shape index (κ3) is 3.81. The Kier molecular flexibility index (Phi) is 5.85. The summed E-state index contributed by atoms with van der Waals surface area (Å²) in [7, 11) is 0. The fourth-order valence-corrected chi connectivity index (χ4v) is 3.10. The van der Waals surface area contributed by atoms with Crippen molar-refractivity contribution >= 4 is 15.9 Å². The third-order valence-corrected chi connectivity index (χ3v) is 4.76. The zero-order valence-corrected chi connectivity index (χ0v) is 16.3. The topological polar surface area (TPSA) is 70.1 Å². The van der Waals surface area contributed by atoms with Gasteiger partial charge in [0.1, 0.15) is 40.0 Å². The van der Waals surface area contributed by atoms with Crippen LogP contribution in [0.4, 0.5) is 13.2 Å². The van der Waals surface area contributed by atoms with E-state index in [2.05, 4.69) is 20.9 Å². The number of rotatable bonds is 5. The average molecular weight is 454 g/mol. The Labute approximate surface area is 166 Å². The smallest absolute Gasteiger partial charge is 0.276 e. The largest absolute Gasteiger partial charge is 0.472 e. The first kappa shape index (κ1) is 20.1. The number of para-hydroxylation sites is 1. The Morgan fingerprint density at radius 1 is 1.14 bits per heavy atom. The van der Waals surface area contributed by atoms with Crippen molar-refractivity contribution in [3.8, 4) is 11.6 Å². The van der Waals surface area contributed by atoms with E-state index >= 15 is 0 Å². The van der Waals surface area contributed by atoms with Crippen molar-refractivity contribution < 1.29 is 17.9 Å². The van der Waals surface area contributed by atoms with Gasteiger partial charge in [-0.15, -0.1) is 0 Å². The predicted molar refractivity (Wildman–Crippen MR) is 101 cm³/mol. The number of nitrogens with two attached hydrogens (primary N) is 1. The Morgan fingerprint density at radius 3 is 2.46 bits per heavy atom. The molecule has 0 amide bonds. The molecule has 2 aromatic carbocycles. The van der Waals surface area contributed by atoms with Crippen molar-refractivity contribution in [3.63, 3.8) is 0 Å². The number of aromatic nitrogens is 2. The average Bonchev–Trinajstić information content (AvgIpc) is 2.66. The molecule has 0 fully saturated rings. The van der Waals surface area contributed by atoms with E-state index in [9.17, 15) is 18.0 Å². The molecule has 0 spiro atoms. The molecule has 0 aliphatic rings. The van der Waals surface area contributed by atoms with Crippen molar-refractivity contribution in [2.45, 2.75) is 20.1 Å². The van der Waals surface area contributed by atoms with E-state index in [1.807, 2.05) is 0 Å². The normalized spacial score (nSPS) is 10.9. The molecule has 3 rings (SSSR count). The van der Waals surface area contributed by atoms with Crippen LogP contribution in [0.25, 0.3) is 5.69 Å². The summed E-state index contributed by atoms with van der Waals surface area (Å²) in [5.41, 5.74) is 5.53. The first-order valence-corrected chi connectivity index (χ1v) is 8.96. The van der Waals surface area contributed by atoms with Crippen LogP contribution in [0, 0.1) is 24.4 Å². The van der Waals surface area contributed by atoms with Crippen LogP contribution in [-0.2, 0) is 13.2 Å². The highest BCUT2D eigenvalue weighted by molar-refractivity contribution is 9.10. The molecule has 0 aliphatic carbocycles. The van der Waals surface area contributed by atoms with E-state index in [1.54, 1.807) is 0 Å². The summed E-state index contributed by atoms with van der Waals surface area (Å²) in [5.74, 6) is -2.24. The molecular weight excluding hydrogens is 439 g/mol. The number of halogens is 4. The Balaban J connectivity index is 1.99. The molecule has 0 aliphatic heterocycles.